The number of hydrogen-bond donors (Lipinski definition) is 3. The summed E-state index contributed by atoms with van der Waals surface area (Å²) in [6, 6.07) is 0. The lowest BCUT2D eigenvalue weighted by atomic mass is 11.0. The molecule has 1 heterocycles. The first-order chi connectivity index (χ1) is 3.50. The Hall–Kier alpha value is -0.940. The van der Waals surface area contributed by atoms with Gasteiger partial charge >= 0.3 is 0 Å². The molecule has 5 N–H and O–H groups in total. The molecule has 0 fully saturated rings. The molecule has 0 atom stereocenters. The van der Waals surface area contributed by atoms with Crippen molar-refractivity contribution in [2.24, 2.45) is 11.7 Å². The minimum Gasteiger partial charge on any atom is -0.274 e. The molecule has 0 saturated heterocycles. The number of H-pyrrole nitrogens is 1. The lowest BCUT2D eigenvalue weighted by Gasteiger charge is -1.48. The second kappa shape index (κ2) is 5.06. The van der Waals surface area contributed by atoms with E-state index in [1.807, 2.05) is 0 Å². The molecular weight excluding hydrogens is 94.1 g/mol. The number of aromatic nitrogens is 3. The molecule has 0 aliphatic heterocycles. The molecule has 0 bridgehead atoms. The topological polar surface area (TPSA) is 93.6 Å². The molecule has 5 nitrogen and oxygen atoms in total. The third-order valence-corrected chi connectivity index (χ3v) is 0.331. The van der Waals surface area contributed by atoms with Gasteiger partial charge in [-0.3, -0.25) is 11.7 Å². The Labute approximate surface area is 40.7 Å². The summed E-state index contributed by atoms with van der Waals surface area (Å²) in [7, 11) is 0. The SMILES string of the molecule is NN.c1cn[nH]n1. The van der Waals surface area contributed by atoms with Crippen molar-refractivity contribution >= 4 is 0 Å². The average Bonchev–Trinajstić information content (AvgIpc) is 2.23. The van der Waals surface area contributed by atoms with Crippen LogP contribution >= 0.6 is 0 Å². The molecule has 0 saturated carbocycles. The van der Waals surface area contributed by atoms with Crippen LogP contribution in [0.4, 0.5) is 0 Å². The van der Waals surface area contributed by atoms with Crippen LogP contribution in [0, 0.1) is 0 Å². The summed E-state index contributed by atoms with van der Waals surface area (Å²) in [5.74, 6) is 8.00. The van der Waals surface area contributed by atoms with Crippen molar-refractivity contribution in [3.05, 3.63) is 12.4 Å². The molecule has 5 heteroatoms. The smallest absolute Gasteiger partial charge is 0.0690 e. The van der Waals surface area contributed by atoms with Gasteiger partial charge in [0.1, 0.15) is 0 Å². The second-order valence-electron chi connectivity index (χ2n) is 0.656. The fourth-order valence-corrected chi connectivity index (χ4v) is 0.167. The number of hydrazine groups is 1. The maximum Gasteiger partial charge on any atom is 0.0690 e. The molecule has 40 valence electrons. The largest absolute Gasteiger partial charge is 0.274 e. The first-order valence-corrected chi connectivity index (χ1v) is 1.63. The van der Waals surface area contributed by atoms with Gasteiger partial charge < -0.3 is 0 Å². The highest BCUT2D eigenvalue weighted by atomic mass is 15.3. The van der Waals surface area contributed by atoms with Crippen molar-refractivity contribution in [3.8, 4) is 0 Å². The number of nitrogens with zero attached hydrogens (tertiary/aromatic N) is 2. The Morgan fingerprint density at radius 3 is 1.71 bits per heavy atom. The zero-order chi connectivity index (χ0) is 5.54. The van der Waals surface area contributed by atoms with Gasteiger partial charge in [0, 0.05) is 0 Å². The van der Waals surface area contributed by atoms with Crippen LogP contribution in [0.1, 0.15) is 0 Å². The van der Waals surface area contributed by atoms with Crippen molar-refractivity contribution in [1.29, 1.82) is 0 Å². The van der Waals surface area contributed by atoms with E-state index in [0.29, 0.717) is 0 Å². The van der Waals surface area contributed by atoms with E-state index >= 15 is 0 Å². The summed E-state index contributed by atoms with van der Waals surface area (Å²) in [5.41, 5.74) is 0. The Kier molecular flexibility index (Phi) is 4.38. The monoisotopic (exact) mass is 101 g/mol. The predicted octanol–water partition coefficient (Wildman–Crippen LogP) is -1.38. The fourth-order valence-electron chi connectivity index (χ4n) is 0.167. The van der Waals surface area contributed by atoms with Gasteiger partial charge in [-0.15, -0.1) is 0 Å². The molecule has 0 aliphatic carbocycles. The summed E-state index contributed by atoms with van der Waals surface area (Å²) in [6.45, 7) is 0. The molecule has 0 amide bonds. The van der Waals surface area contributed by atoms with Gasteiger partial charge in [0.25, 0.3) is 0 Å². The van der Waals surface area contributed by atoms with Gasteiger partial charge in [0.05, 0.1) is 12.4 Å². The van der Waals surface area contributed by atoms with Crippen LogP contribution in [0.3, 0.4) is 0 Å². The summed E-state index contributed by atoms with van der Waals surface area (Å²) in [5, 5.41) is 9.33. The number of nitrogens with two attached hydrogens (primary N) is 2. The Morgan fingerprint density at radius 1 is 1.14 bits per heavy atom. The van der Waals surface area contributed by atoms with Gasteiger partial charge in [-0.2, -0.15) is 15.4 Å². The summed E-state index contributed by atoms with van der Waals surface area (Å²) in [4.78, 5) is 0. The van der Waals surface area contributed by atoms with Crippen molar-refractivity contribution < 1.29 is 0 Å². The third-order valence-electron chi connectivity index (χ3n) is 0.331. The number of nitrogens with one attached hydrogen (secondary N) is 1. The van der Waals surface area contributed by atoms with Crippen LogP contribution < -0.4 is 11.7 Å². The molecule has 0 aliphatic rings. The van der Waals surface area contributed by atoms with Crippen LogP contribution in [-0.4, -0.2) is 15.4 Å². The molecular formula is C2H7N5. The minimum atomic E-state index is 1.58. The van der Waals surface area contributed by atoms with E-state index in [4.69, 9.17) is 0 Å². The van der Waals surface area contributed by atoms with E-state index in [-0.39, 0.29) is 0 Å². The normalized spacial score (nSPS) is 6.57. The van der Waals surface area contributed by atoms with Crippen LogP contribution in [0.25, 0.3) is 0 Å². The Morgan fingerprint density at radius 2 is 1.57 bits per heavy atom. The highest BCUT2D eigenvalue weighted by Gasteiger charge is 1.57. The molecule has 1 rings (SSSR count). The maximum atomic E-state index is 4.00. The highest BCUT2D eigenvalue weighted by Crippen LogP contribution is 1.55. The predicted molar refractivity (Wildman–Crippen MR) is 24.8 cm³/mol. The number of rotatable bonds is 0. The first-order valence-electron chi connectivity index (χ1n) is 1.63. The molecule has 7 heavy (non-hydrogen) atoms. The molecule has 1 aromatic rings. The zero-order valence-electron chi connectivity index (χ0n) is 3.70. The highest BCUT2D eigenvalue weighted by molar-refractivity contribution is 4.54. The first kappa shape index (κ1) is 6.06. The summed E-state index contributed by atoms with van der Waals surface area (Å²) < 4.78 is 0. The van der Waals surface area contributed by atoms with Crippen LogP contribution in [0.2, 0.25) is 0 Å². The number of hydrogen-bond acceptors (Lipinski definition) is 4. The lowest BCUT2D eigenvalue weighted by Crippen LogP contribution is -2.02. The van der Waals surface area contributed by atoms with Crippen LogP contribution in [0.15, 0.2) is 12.4 Å². The standard InChI is InChI=1S/C2H3N3.H4N2/c1-2-4-5-3-1;1-2/h1-2H,(H,3,4,5);1-2H2. The van der Waals surface area contributed by atoms with E-state index in [1.54, 1.807) is 12.4 Å². The quantitative estimate of drug-likeness (QED) is 0.277. The zero-order valence-corrected chi connectivity index (χ0v) is 3.70. The van der Waals surface area contributed by atoms with Gasteiger partial charge in [-0.1, -0.05) is 0 Å². The van der Waals surface area contributed by atoms with Gasteiger partial charge in [0.2, 0.25) is 0 Å². The third kappa shape index (κ3) is 2.87. The second-order valence-corrected chi connectivity index (χ2v) is 0.656. The van der Waals surface area contributed by atoms with Gasteiger partial charge in [-0.05, 0) is 0 Å². The van der Waals surface area contributed by atoms with Crippen LogP contribution in [0.5, 0.6) is 0 Å². The molecule has 1 aromatic heterocycles. The van der Waals surface area contributed by atoms with Crippen molar-refractivity contribution in [1.82, 2.24) is 15.4 Å². The molecule has 0 unspecified atom stereocenters. The van der Waals surface area contributed by atoms with Crippen molar-refractivity contribution in [3.63, 3.8) is 0 Å². The Balaban J connectivity index is 0.000000162. The van der Waals surface area contributed by atoms with E-state index in [1.165, 1.54) is 0 Å². The van der Waals surface area contributed by atoms with Gasteiger partial charge in [0.15, 0.2) is 0 Å². The molecule has 0 spiro atoms. The van der Waals surface area contributed by atoms with Crippen molar-refractivity contribution in [2.45, 2.75) is 0 Å². The van der Waals surface area contributed by atoms with E-state index in [2.05, 4.69) is 27.1 Å². The average molecular weight is 101 g/mol. The lowest BCUT2D eigenvalue weighted by molar-refractivity contribution is 0.940. The van der Waals surface area contributed by atoms with Gasteiger partial charge in [-0.25, -0.2) is 0 Å². The molecule has 0 radical (unpaired) electrons. The van der Waals surface area contributed by atoms with E-state index < -0.39 is 0 Å². The van der Waals surface area contributed by atoms with E-state index in [9.17, 15) is 0 Å². The minimum absolute atomic E-state index is 1.58. The van der Waals surface area contributed by atoms with E-state index in [0.717, 1.165) is 0 Å². The summed E-state index contributed by atoms with van der Waals surface area (Å²) in [6.07, 6.45) is 3.17. The molecule has 0 aromatic carbocycles. The van der Waals surface area contributed by atoms with Crippen molar-refractivity contribution in [2.75, 3.05) is 0 Å². The fraction of sp³-hybridized carbons (Fsp3) is 0. The number of aromatic amines is 1. The maximum absolute atomic E-state index is 4.00. The Bertz CT molecular complexity index is 62.6. The van der Waals surface area contributed by atoms with Crippen LogP contribution in [-0.2, 0) is 0 Å². The summed E-state index contributed by atoms with van der Waals surface area (Å²) >= 11 is 0.